The SMILES string of the molecule is CO[C@H]1CN[C@@H](C(=O)Nc2cccc(-n3ccc(C)n3)c2F)C1. The molecule has 2 N–H and O–H groups in total. The van der Waals surface area contributed by atoms with E-state index in [4.69, 9.17) is 4.74 Å². The lowest BCUT2D eigenvalue weighted by Crippen LogP contribution is -2.35. The molecule has 6 nitrogen and oxygen atoms in total. The van der Waals surface area contributed by atoms with Gasteiger partial charge in [0.15, 0.2) is 5.82 Å². The van der Waals surface area contributed by atoms with E-state index in [0.29, 0.717) is 18.7 Å². The Morgan fingerprint density at radius 1 is 1.48 bits per heavy atom. The van der Waals surface area contributed by atoms with Crippen LogP contribution in [0.4, 0.5) is 10.1 Å². The zero-order valence-electron chi connectivity index (χ0n) is 13.0. The quantitative estimate of drug-likeness (QED) is 0.899. The molecule has 2 heterocycles. The Kier molecular flexibility index (Phi) is 4.40. The smallest absolute Gasteiger partial charge is 0.241 e. The van der Waals surface area contributed by atoms with Gasteiger partial charge >= 0.3 is 0 Å². The topological polar surface area (TPSA) is 68.2 Å². The van der Waals surface area contributed by atoms with Crippen molar-refractivity contribution in [2.24, 2.45) is 0 Å². The third-order valence-electron chi connectivity index (χ3n) is 3.95. The number of anilines is 1. The number of carbonyl (C=O) groups is 1. The van der Waals surface area contributed by atoms with Gasteiger partial charge in [0.1, 0.15) is 5.69 Å². The molecular weight excluding hydrogens is 299 g/mol. The van der Waals surface area contributed by atoms with Crippen LogP contribution in [0, 0.1) is 12.7 Å². The lowest BCUT2D eigenvalue weighted by molar-refractivity contribution is -0.118. The molecule has 1 amide bonds. The van der Waals surface area contributed by atoms with Crippen LogP contribution in [0.5, 0.6) is 0 Å². The number of nitrogens with zero attached hydrogens (tertiary/aromatic N) is 2. The molecule has 23 heavy (non-hydrogen) atoms. The van der Waals surface area contributed by atoms with Crippen LogP contribution in [0.25, 0.3) is 5.69 Å². The van der Waals surface area contributed by atoms with Gasteiger partial charge in [-0.25, -0.2) is 9.07 Å². The molecule has 3 rings (SSSR count). The predicted octanol–water partition coefficient (Wildman–Crippen LogP) is 1.64. The third kappa shape index (κ3) is 3.25. The van der Waals surface area contributed by atoms with E-state index in [9.17, 15) is 9.18 Å². The molecule has 0 aliphatic carbocycles. The standard InChI is InChI=1S/C16H19FN4O2/c1-10-6-7-21(20-10)14-5-3-4-12(15(14)17)19-16(22)13-8-11(23-2)9-18-13/h3-7,11,13,18H,8-9H2,1-2H3,(H,19,22)/t11-,13-/m1/s1. The summed E-state index contributed by atoms with van der Waals surface area (Å²) in [5.41, 5.74) is 1.23. The zero-order chi connectivity index (χ0) is 16.4. The van der Waals surface area contributed by atoms with Gasteiger partial charge in [-0.3, -0.25) is 4.79 Å². The normalized spacial score (nSPS) is 20.7. The summed E-state index contributed by atoms with van der Waals surface area (Å²) in [7, 11) is 1.61. The summed E-state index contributed by atoms with van der Waals surface area (Å²) in [5.74, 6) is -0.775. The maximum atomic E-state index is 14.6. The first-order chi connectivity index (χ1) is 11.1. The fourth-order valence-corrected chi connectivity index (χ4v) is 2.64. The minimum atomic E-state index is -0.509. The van der Waals surface area contributed by atoms with Crippen molar-refractivity contribution in [1.29, 1.82) is 0 Å². The van der Waals surface area contributed by atoms with Crippen molar-refractivity contribution < 1.29 is 13.9 Å². The van der Waals surface area contributed by atoms with Crippen LogP contribution in [-0.4, -0.2) is 41.5 Å². The Hall–Kier alpha value is -2.25. The minimum Gasteiger partial charge on any atom is -0.380 e. The number of methoxy groups -OCH3 is 1. The predicted molar refractivity (Wildman–Crippen MR) is 84.1 cm³/mol. The number of nitrogens with one attached hydrogen (secondary N) is 2. The molecule has 1 aliphatic heterocycles. The van der Waals surface area contributed by atoms with Gasteiger partial charge in [-0.15, -0.1) is 0 Å². The Morgan fingerprint density at radius 3 is 2.96 bits per heavy atom. The number of hydrogen-bond acceptors (Lipinski definition) is 4. The van der Waals surface area contributed by atoms with Crippen molar-refractivity contribution in [3.63, 3.8) is 0 Å². The van der Waals surface area contributed by atoms with Crippen molar-refractivity contribution in [2.45, 2.75) is 25.5 Å². The van der Waals surface area contributed by atoms with Gasteiger partial charge in [0.25, 0.3) is 0 Å². The lowest BCUT2D eigenvalue weighted by atomic mass is 10.2. The maximum Gasteiger partial charge on any atom is 0.241 e. The van der Waals surface area contributed by atoms with Crippen LogP contribution < -0.4 is 10.6 Å². The van der Waals surface area contributed by atoms with Crippen molar-refractivity contribution in [3.8, 4) is 5.69 Å². The Bertz CT molecular complexity index is 716. The number of carbonyl (C=O) groups excluding carboxylic acids is 1. The van der Waals surface area contributed by atoms with Crippen LogP contribution >= 0.6 is 0 Å². The van der Waals surface area contributed by atoms with E-state index in [-0.39, 0.29) is 23.7 Å². The van der Waals surface area contributed by atoms with Crippen LogP contribution in [-0.2, 0) is 9.53 Å². The van der Waals surface area contributed by atoms with Crippen molar-refractivity contribution >= 4 is 11.6 Å². The molecule has 1 aromatic heterocycles. The summed E-state index contributed by atoms with van der Waals surface area (Å²) in [6.45, 7) is 2.45. The second-order valence-corrected chi connectivity index (χ2v) is 5.58. The summed E-state index contributed by atoms with van der Waals surface area (Å²) < 4.78 is 21.3. The van der Waals surface area contributed by atoms with Crippen LogP contribution in [0.1, 0.15) is 12.1 Å². The van der Waals surface area contributed by atoms with E-state index >= 15 is 0 Å². The highest BCUT2D eigenvalue weighted by Gasteiger charge is 2.29. The molecular formula is C16H19FN4O2. The van der Waals surface area contributed by atoms with Gasteiger partial charge in [-0.05, 0) is 31.5 Å². The number of ether oxygens (including phenoxy) is 1. The highest BCUT2D eigenvalue weighted by atomic mass is 19.1. The first-order valence-corrected chi connectivity index (χ1v) is 7.46. The molecule has 0 bridgehead atoms. The maximum absolute atomic E-state index is 14.6. The fourth-order valence-electron chi connectivity index (χ4n) is 2.64. The number of benzene rings is 1. The zero-order valence-corrected chi connectivity index (χ0v) is 13.0. The van der Waals surface area contributed by atoms with Gasteiger partial charge in [-0.2, -0.15) is 5.10 Å². The highest BCUT2D eigenvalue weighted by molar-refractivity contribution is 5.95. The molecule has 1 aliphatic rings. The average Bonchev–Trinajstić information content (AvgIpc) is 3.18. The first-order valence-electron chi connectivity index (χ1n) is 7.46. The highest BCUT2D eigenvalue weighted by Crippen LogP contribution is 2.22. The van der Waals surface area contributed by atoms with Crippen molar-refractivity contribution in [1.82, 2.24) is 15.1 Å². The minimum absolute atomic E-state index is 0.00832. The summed E-state index contributed by atoms with van der Waals surface area (Å²) in [5, 5.41) is 9.91. The summed E-state index contributed by atoms with van der Waals surface area (Å²) in [6, 6.07) is 6.25. The average molecular weight is 318 g/mol. The molecule has 0 spiro atoms. The summed E-state index contributed by atoms with van der Waals surface area (Å²) in [4.78, 5) is 12.3. The van der Waals surface area contributed by atoms with Crippen LogP contribution in [0.15, 0.2) is 30.5 Å². The fraction of sp³-hybridized carbons (Fsp3) is 0.375. The van der Waals surface area contributed by atoms with E-state index in [1.54, 1.807) is 31.5 Å². The van der Waals surface area contributed by atoms with Gasteiger partial charge in [0.05, 0.1) is 23.5 Å². The van der Waals surface area contributed by atoms with E-state index in [0.717, 1.165) is 5.69 Å². The van der Waals surface area contributed by atoms with E-state index in [1.165, 1.54) is 10.7 Å². The summed E-state index contributed by atoms with van der Waals surface area (Å²) in [6.07, 6.45) is 2.26. The number of aromatic nitrogens is 2. The molecule has 2 atom stereocenters. The van der Waals surface area contributed by atoms with Crippen molar-refractivity contribution in [3.05, 3.63) is 42.0 Å². The molecule has 1 fully saturated rings. The summed E-state index contributed by atoms with van der Waals surface area (Å²) >= 11 is 0. The van der Waals surface area contributed by atoms with E-state index < -0.39 is 5.82 Å². The number of hydrogen-bond donors (Lipinski definition) is 2. The molecule has 0 unspecified atom stereocenters. The molecule has 0 radical (unpaired) electrons. The Balaban J connectivity index is 1.77. The van der Waals surface area contributed by atoms with Gasteiger partial charge < -0.3 is 15.4 Å². The molecule has 7 heteroatoms. The second-order valence-electron chi connectivity index (χ2n) is 5.58. The van der Waals surface area contributed by atoms with E-state index in [2.05, 4.69) is 15.7 Å². The molecule has 0 saturated carbocycles. The molecule has 2 aromatic rings. The van der Waals surface area contributed by atoms with Crippen molar-refractivity contribution in [2.75, 3.05) is 19.0 Å². The number of rotatable bonds is 4. The van der Waals surface area contributed by atoms with Gasteiger partial charge in [0, 0.05) is 19.9 Å². The number of halogens is 1. The largest absolute Gasteiger partial charge is 0.380 e. The van der Waals surface area contributed by atoms with E-state index in [1.807, 2.05) is 6.92 Å². The Labute approximate surface area is 133 Å². The van der Waals surface area contributed by atoms with Crippen LogP contribution in [0.3, 0.4) is 0 Å². The van der Waals surface area contributed by atoms with Gasteiger partial charge in [-0.1, -0.05) is 6.07 Å². The lowest BCUT2D eigenvalue weighted by Gasteiger charge is -2.13. The second kappa shape index (κ2) is 6.47. The van der Waals surface area contributed by atoms with Gasteiger partial charge in [0.2, 0.25) is 5.91 Å². The number of aryl methyl sites for hydroxylation is 1. The molecule has 1 saturated heterocycles. The van der Waals surface area contributed by atoms with Crippen LogP contribution in [0.2, 0.25) is 0 Å². The Morgan fingerprint density at radius 2 is 2.30 bits per heavy atom. The molecule has 122 valence electrons. The first kappa shape index (κ1) is 15.6. The number of amides is 1. The monoisotopic (exact) mass is 318 g/mol. The third-order valence-corrected chi connectivity index (χ3v) is 3.95. The molecule has 1 aromatic carbocycles.